The number of Topliss-reactive ketones (excluding diaryl/α,β-unsaturated/α-hetero) is 1. The summed E-state index contributed by atoms with van der Waals surface area (Å²) in [5.74, 6) is -0.214. The first-order valence-corrected chi connectivity index (χ1v) is 9.09. The molecule has 0 saturated carbocycles. The zero-order valence-electron chi connectivity index (χ0n) is 15.6. The van der Waals surface area contributed by atoms with E-state index >= 15 is 0 Å². The van der Waals surface area contributed by atoms with Crippen LogP contribution in [0.4, 0.5) is 9.18 Å². The zero-order valence-corrected chi connectivity index (χ0v) is 15.6. The van der Waals surface area contributed by atoms with Crippen molar-refractivity contribution in [3.05, 3.63) is 35.6 Å². The predicted molar refractivity (Wildman–Crippen MR) is 94.2 cm³/mol. The summed E-state index contributed by atoms with van der Waals surface area (Å²) >= 11 is 0. The molecule has 0 aromatic heterocycles. The molecule has 26 heavy (non-hydrogen) atoms. The fourth-order valence-electron chi connectivity index (χ4n) is 3.63. The molecule has 0 radical (unpaired) electrons. The van der Waals surface area contributed by atoms with E-state index in [0.717, 1.165) is 0 Å². The molecule has 6 heteroatoms. The lowest BCUT2D eigenvalue weighted by molar-refractivity contribution is -0.168. The van der Waals surface area contributed by atoms with Gasteiger partial charge in [-0.1, -0.05) is 12.1 Å². The van der Waals surface area contributed by atoms with Crippen molar-refractivity contribution in [3.8, 4) is 0 Å². The van der Waals surface area contributed by atoms with Gasteiger partial charge in [-0.25, -0.2) is 9.18 Å². The van der Waals surface area contributed by atoms with Gasteiger partial charge in [-0.3, -0.25) is 4.79 Å². The normalized spacial score (nSPS) is 23.2. The van der Waals surface area contributed by atoms with Gasteiger partial charge in [0.05, 0.1) is 11.7 Å². The SMILES string of the molecule is CC(C)(C)OC(=O)N1CCC2(CC1)CC(=O)CC(c1cccc(F)c1)O2. The Morgan fingerprint density at radius 1 is 1.31 bits per heavy atom. The average Bonchev–Trinajstić information content (AvgIpc) is 2.53. The van der Waals surface area contributed by atoms with Crippen molar-refractivity contribution in [1.82, 2.24) is 4.90 Å². The first kappa shape index (κ1) is 18.8. The number of nitrogens with zero attached hydrogens (tertiary/aromatic N) is 1. The molecule has 142 valence electrons. The first-order chi connectivity index (χ1) is 12.2. The second kappa shape index (κ2) is 6.99. The van der Waals surface area contributed by atoms with Crippen LogP contribution in [0, 0.1) is 5.82 Å². The Labute approximate surface area is 153 Å². The Morgan fingerprint density at radius 2 is 2.00 bits per heavy atom. The monoisotopic (exact) mass is 363 g/mol. The van der Waals surface area contributed by atoms with Crippen LogP contribution in [-0.4, -0.2) is 41.1 Å². The van der Waals surface area contributed by atoms with Gasteiger partial charge in [0.15, 0.2) is 0 Å². The summed E-state index contributed by atoms with van der Waals surface area (Å²) in [6.07, 6.45) is 0.992. The molecular weight excluding hydrogens is 337 g/mol. The molecule has 1 aromatic rings. The molecule has 0 bridgehead atoms. The summed E-state index contributed by atoms with van der Waals surface area (Å²) in [4.78, 5) is 26.2. The molecule has 1 unspecified atom stereocenters. The molecule has 0 aliphatic carbocycles. The van der Waals surface area contributed by atoms with Crippen molar-refractivity contribution in [2.24, 2.45) is 0 Å². The molecule has 1 aromatic carbocycles. The fraction of sp³-hybridized carbons (Fsp3) is 0.600. The van der Waals surface area contributed by atoms with Crippen molar-refractivity contribution < 1.29 is 23.5 Å². The third-order valence-corrected chi connectivity index (χ3v) is 4.87. The van der Waals surface area contributed by atoms with Crippen LogP contribution in [-0.2, 0) is 14.3 Å². The number of ketones is 1. The van der Waals surface area contributed by atoms with Crippen LogP contribution >= 0.6 is 0 Å². The maximum atomic E-state index is 13.5. The van der Waals surface area contributed by atoms with E-state index in [1.54, 1.807) is 17.0 Å². The maximum absolute atomic E-state index is 13.5. The minimum atomic E-state index is -0.579. The number of amides is 1. The second-order valence-electron chi connectivity index (χ2n) is 8.23. The van der Waals surface area contributed by atoms with Crippen LogP contribution < -0.4 is 0 Å². The smallest absolute Gasteiger partial charge is 0.410 e. The largest absolute Gasteiger partial charge is 0.444 e. The number of hydrogen-bond donors (Lipinski definition) is 0. The van der Waals surface area contributed by atoms with E-state index in [-0.39, 0.29) is 24.1 Å². The van der Waals surface area contributed by atoms with Crippen LogP contribution in [0.25, 0.3) is 0 Å². The minimum Gasteiger partial charge on any atom is -0.444 e. The summed E-state index contributed by atoms with van der Waals surface area (Å²) in [7, 11) is 0. The van der Waals surface area contributed by atoms with Gasteiger partial charge in [-0.2, -0.15) is 0 Å². The molecule has 2 fully saturated rings. The molecule has 1 spiro atoms. The number of piperidine rings is 1. The van der Waals surface area contributed by atoms with Gasteiger partial charge in [0.2, 0.25) is 0 Å². The standard InChI is InChI=1S/C20H26FNO4/c1-19(2,3)26-18(24)22-9-7-20(8-10-22)13-16(23)12-17(25-20)14-5-4-6-15(21)11-14/h4-6,11,17H,7-10,12-13H2,1-3H3. The van der Waals surface area contributed by atoms with E-state index in [1.807, 2.05) is 20.8 Å². The lowest BCUT2D eigenvalue weighted by Crippen LogP contribution is -2.52. The Kier molecular flexibility index (Phi) is 5.06. The Hall–Kier alpha value is -1.95. The summed E-state index contributed by atoms with van der Waals surface area (Å²) in [6.45, 7) is 6.48. The van der Waals surface area contributed by atoms with Crippen molar-refractivity contribution in [2.75, 3.05) is 13.1 Å². The third-order valence-electron chi connectivity index (χ3n) is 4.87. The van der Waals surface area contributed by atoms with E-state index in [1.165, 1.54) is 12.1 Å². The number of carbonyl (C=O) groups is 2. The summed E-state index contributed by atoms with van der Waals surface area (Å²) in [5, 5.41) is 0. The van der Waals surface area contributed by atoms with Crippen molar-refractivity contribution in [1.29, 1.82) is 0 Å². The van der Waals surface area contributed by atoms with Gasteiger partial charge in [0.25, 0.3) is 0 Å². The molecule has 2 saturated heterocycles. The van der Waals surface area contributed by atoms with Gasteiger partial charge in [-0.15, -0.1) is 0 Å². The van der Waals surface area contributed by atoms with Crippen LogP contribution in [0.5, 0.6) is 0 Å². The molecule has 1 amide bonds. The Bertz CT molecular complexity index is 689. The van der Waals surface area contributed by atoms with Crippen LogP contribution in [0.2, 0.25) is 0 Å². The molecule has 2 aliphatic heterocycles. The highest BCUT2D eigenvalue weighted by Gasteiger charge is 2.44. The van der Waals surface area contributed by atoms with Crippen LogP contribution in [0.3, 0.4) is 0 Å². The Balaban J connectivity index is 1.67. The maximum Gasteiger partial charge on any atom is 0.410 e. The number of halogens is 1. The molecular formula is C20H26FNO4. The van der Waals surface area contributed by atoms with Gasteiger partial charge in [0.1, 0.15) is 17.2 Å². The van der Waals surface area contributed by atoms with Gasteiger partial charge < -0.3 is 14.4 Å². The first-order valence-electron chi connectivity index (χ1n) is 9.09. The van der Waals surface area contributed by atoms with Crippen molar-refractivity contribution >= 4 is 11.9 Å². The average molecular weight is 363 g/mol. The third kappa shape index (κ3) is 4.41. The molecule has 2 heterocycles. The quantitative estimate of drug-likeness (QED) is 0.756. The highest BCUT2D eigenvalue weighted by Crippen LogP contribution is 2.41. The predicted octanol–water partition coefficient (Wildman–Crippen LogP) is 4.02. The van der Waals surface area contributed by atoms with E-state index in [9.17, 15) is 14.0 Å². The van der Waals surface area contributed by atoms with E-state index in [0.29, 0.717) is 37.9 Å². The van der Waals surface area contributed by atoms with Crippen molar-refractivity contribution in [3.63, 3.8) is 0 Å². The lowest BCUT2D eigenvalue weighted by Gasteiger charge is -2.45. The lowest BCUT2D eigenvalue weighted by atomic mass is 9.81. The zero-order chi connectivity index (χ0) is 18.9. The summed E-state index contributed by atoms with van der Waals surface area (Å²) in [5.41, 5.74) is -0.427. The number of benzene rings is 1. The molecule has 0 N–H and O–H groups in total. The molecule has 1 atom stereocenters. The highest BCUT2D eigenvalue weighted by molar-refractivity contribution is 5.81. The second-order valence-corrected chi connectivity index (χ2v) is 8.23. The molecule has 2 aliphatic rings. The number of rotatable bonds is 1. The van der Waals surface area contributed by atoms with Gasteiger partial charge >= 0.3 is 6.09 Å². The molecule has 5 nitrogen and oxygen atoms in total. The number of carbonyl (C=O) groups excluding carboxylic acids is 2. The molecule has 3 rings (SSSR count). The number of likely N-dealkylation sites (tertiary alicyclic amines) is 1. The van der Waals surface area contributed by atoms with E-state index in [4.69, 9.17) is 9.47 Å². The van der Waals surface area contributed by atoms with Crippen LogP contribution in [0.15, 0.2) is 24.3 Å². The summed E-state index contributed by atoms with van der Waals surface area (Å²) in [6, 6.07) is 6.22. The minimum absolute atomic E-state index is 0.122. The van der Waals surface area contributed by atoms with E-state index < -0.39 is 17.3 Å². The van der Waals surface area contributed by atoms with E-state index in [2.05, 4.69) is 0 Å². The van der Waals surface area contributed by atoms with Gasteiger partial charge in [-0.05, 0) is 51.3 Å². The van der Waals surface area contributed by atoms with Gasteiger partial charge in [0, 0.05) is 25.9 Å². The summed E-state index contributed by atoms with van der Waals surface area (Å²) < 4.78 is 25.2. The van der Waals surface area contributed by atoms with Crippen LogP contribution in [0.1, 0.15) is 58.1 Å². The fourth-order valence-corrected chi connectivity index (χ4v) is 3.63. The Morgan fingerprint density at radius 3 is 2.62 bits per heavy atom. The highest BCUT2D eigenvalue weighted by atomic mass is 19.1. The van der Waals surface area contributed by atoms with Crippen molar-refractivity contribution in [2.45, 2.75) is 63.8 Å². The topological polar surface area (TPSA) is 55.8 Å². The number of ether oxygens (including phenoxy) is 2. The number of hydrogen-bond acceptors (Lipinski definition) is 4.